The molecule has 3 nitrogen and oxygen atoms in total. The van der Waals surface area contributed by atoms with Crippen LogP contribution in [-0.2, 0) is 9.63 Å². The maximum atomic E-state index is 10.4. The number of carbonyl (C=O) groups is 1. The molecule has 3 heteroatoms. The minimum absolute atomic E-state index is 0.295. The molecule has 0 radical (unpaired) electrons. The molecule has 0 spiro atoms. The molecule has 0 aromatic rings. The molecule has 0 rings (SSSR count). The molecule has 0 saturated heterocycles. The minimum Gasteiger partial charge on any atom is -0.318 e. The summed E-state index contributed by atoms with van der Waals surface area (Å²) in [5.41, 5.74) is 0.747. The number of hydrogen-bond acceptors (Lipinski definition) is 3. The Labute approximate surface area is 54.7 Å². The molecule has 0 aromatic carbocycles. The number of nitrogens with zero attached hydrogens (tertiary/aromatic N) is 1. The highest BCUT2D eigenvalue weighted by Gasteiger charge is 1.94. The number of rotatable bonds is 2. The van der Waals surface area contributed by atoms with Gasteiger partial charge in [0.05, 0.1) is 5.71 Å². The fourth-order valence-electron chi connectivity index (χ4n) is 0.207. The van der Waals surface area contributed by atoms with Crippen LogP contribution < -0.4 is 0 Å². The molecule has 0 unspecified atom stereocenters. The van der Waals surface area contributed by atoms with Crippen LogP contribution in [0.25, 0.3) is 0 Å². The van der Waals surface area contributed by atoms with Crippen LogP contribution in [0.15, 0.2) is 5.16 Å². The number of carbonyl (C=O) groups excluding carboxylic acids is 1. The summed E-state index contributed by atoms with van der Waals surface area (Å²) < 4.78 is 0. The summed E-state index contributed by atoms with van der Waals surface area (Å²) in [6, 6.07) is 0. The molecule has 0 N–H and O–H groups in total. The molecule has 0 heterocycles. The normalized spacial score (nSPS) is 8.33. The fraction of sp³-hybridized carbons (Fsp3) is 0.667. The molecule has 0 aromatic heterocycles. The van der Waals surface area contributed by atoms with Gasteiger partial charge in [0.2, 0.25) is 0 Å². The lowest BCUT2D eigenvalue weighted by molar-refractivity contribution is -0.143. The lowest BCUT2D eigenvalue weighted by Gasteiger charge is -1.91. The lowest BCUT2D eigenvalue weighted by Crippen LogP contribution is -1.97. The third-order valence-corrected chi connectivity index (χ3v) is 0.619. The van der Waals surface area contributed by atoms with Crippen molar-refractivity contribution in [3.8, 4) is 0 Å². The Kier molecular flexibility index (Phi) is 3.67. The summed E-state index contributed by atoms with van der Waals surface area (Å²) in [6.45, 7) is 5.26. The van der Waals surface area contributed by atoms with Gasteiger partial charge in [-0.3, -0.25) is 0 Å². The molecule has 0 aliphatic carbocycles. The molecular formula is C6H11NO2. The Bertz CT molecular complexity index is 125. The van der Waals surface area contributed by atoms with E-state index in [-0.39, 0.29) is 5.97 Å². The number of hydrogen-bond donors (Lipinski definition) is 0. The van der Waals surface area contributed by atoms with Crippen molar-refractivity contribution in [3.05, 3.63) is 0 Å². The smallest absolute Gasteiger partial charge is 0.318 e. The quantitative estimate of drug-likeness (QED) is 0.320. The van der Waals surface area contributed by atoms with Crippen LogP contribution in [0.3, 0.4) is 0 Å². The van der Waals surface area contributed by atoms with Crippen molar-refractivity contribution in [2.45, 2.75) is 27.2 Å². The fourth-order valence-corrected chi connectivity index (χ4v) is 0.207. The van der Waals surface area contributed by atoms with Gasteiger partial charge in [-0.1, -0.05) is 12.1 Å². The van der Waals surface area contributed by atoms with E-state index < -0.39 is 0 Å². The molecule has 0 amide bonds. The van der Waals surface area contributed by atoms with Crippen LogP contribution >= 0.6 is 0 Å². The van der Waals surface area contributed by atoms with Crippen LogP contribution in [0, 0.1) is 0 Å². The predicted octanol–water partition coefficient (Wildman–Crippen LogP) is 1.34. The summed E-state index contributed by atoms with van der Waals surface area (Å²) in [7, 11) is 0. The summed E-state index contributed by atoms with van der Waals surface area (Å²) in [6.07, 6.45) is 0.372. The van der Waals surface area contributed by atoms with E-state index in [1.165, 1.54) is 0 Å². The van der Waals surface area contributed by atoms with E-state index in [1.807, 2.05) is 0 Å². The van der Waals surface area contributed by atoms with Crippen LogP contribution in [0.5, 0.6) is 0 Å². The molecule has 0 atom stereocenters. The van der Waals surface area contributed by atoms with Crippen molar-refractivity contribution in [2.75, 3.05) is 0 Å². The van der Waals surface area contributed by atoms with E-state index >= 15 is 0 Å². The van der Waals surface area contributed by atoms with E-state index in [1.54, 1.807) is 20.8 Å². The monoisotopic (exact) mass is 129 g/mol. The first-order valence-corrected chi connectivity index (χ1v) is 2.88. The molecule has 0 bridgehead atoms. The van der Waals surface area contributed by atoms with Gasteiger partial charge in [-0.05, 0) is 13.8 Å². The zero-order chi connectivity index (χ0) is 7.28. The van der Waals surface area contributed by atoms with Crippen molar-refractivity contribution in [1.29, 1.82) is 0 Å². The maximum Gasteiger partial charge on any atom is 0.334 e. The van der Waals surface area contributed by atoms with Crippen LogP contribution in [0.2, 0.25) is 0 Å². The van der Waals surface area contributed by atoms with Gasteiger partial charge >= 0.3 is 5.97 Å². The third-order valence-electron chi connectivity index (χ3n) is 0.619. The minimum atomic E-state index is -0.295. The standard InChI is InChI=1S/C6H11NO2/c1-4-6(8)9-7-5(2)3/h4H2,1-3H3. The van der Waals surface area contributed by atoms with Gasteiger partial charge in [-0.25, -0.2) is 4.79 Å². The van der Waals surface area contributed by atoms with Crippen molar-refractivity contribution in [2.24, 2.45) is 5.16 Å². The van der Waals surface area contributed by atoms with Crippen molar-refractivity contribution >= 4 is 11.7 Å². The molecule has 0 saturated carbocycles. The van der Waals surface area contributed by atoms with Crippen LogP contribution in [0.4, 0.5) is 0 Å². The Hall–Kier alpha value is -0.860. The second-order valence-corrected chi connectivity index (χ2v) is 1.86. The zero-order valence-corrected chi connectivity index (χ0v) is 5.97. The van der Waals surface area contributed by atoms with Crippen molar-refractivity contribution in [3.63, 3.8) is 0 Å². The van der Waals surface area contributed by atoms with Gasteiger partial charge in [0, 0.05) is 6.42 Å². The molecule has 0 aliphatic heterocycles. The number of oxime groups is 1. The van der Waals surface area contributed by atoms with Gasteiger partial charge in [0.1, 0.15) is 0 Å². The molecule has 52 valence electrons. The summed E-state index contributed by atoms with van der Waals surface area (Å²) >= 11 is 0. The first kappa shape index (κ1) is 8.14. The third kappa shape index (κ3) is 5.00. The zero-order valence-electron chi connectivity index (χ0n) is 5.97. The van der Waals surface area contributed by atoms with Gasteiger partial charge in [0.15, 0.2) is 0 Å². The second kappa shape index (κ2) is 4.06. The highest BCUT2D eigenvalue weighted by atomic mass is 16.7. The Morgan fingerprint density at radius 2 is 2.11 bits per heavy atom. The molecule has 0 fully saturated rings. The Balaban J connectivity index is 3.50. The largest absolute Gasteiger partial charge is 0.334 e. The van der Waals surface area contributed by atoms with Crippen LogP contribution in [-0.4, -0.2) is 11.7 Å². The van der Waals surface area contributed by atoms with E-state index in [4.69, 9.17) is 0 Å². The van der Waals surface area contributed by atoms with E-state index in [9.17, 15) is 4.79 Å². The second-order valence-electron chi connectivity index (χ2n) is 1.86. The summed E-state index contributed by atoms with van der Waals surface area (Å²) in [5, 5.41) is 3.46. The van der Waals surface area contributed by atoms with Crippen molar-refractivity contribution < 1.29 is 9.63 Å². The first-order valence-electron chi connectivity index (χ1n) is 2.88. The average Bonchev–Trinajstić information content (AvgIpc) is 1.83. The Morgan fingerprint density at radius 3 is 2.44 bits per heavy atom. The topological polar surface area (TPSA) is 38.7 Å². The predicted molar refractivity (Wildman–Crippen MR) is 35.2 cm³/mol. The summed E-state index contributed by atoms with van der Waals surface area (Å²) in [5.74, 6) is -0.295. The molecule has 0 aliphatic rings. The summed E-state index contributed by atoms with van der Waals surface area (Å²) in [4.78, 5) is 14.8. The average molecular weight is 129 g/mol. The van der Waals surface area contributed by atoms with Gasteiger partial charge in [0.25, 0.3) is 0 Å². The Morgan fingerprint density at radius 1 is 1.56 bits per heavy atom. The maximum absolute atomic E-state index is 10.4. The van der Waals surface area contributed by atoms with Gasteiger partial charge in [-0.15, -0.1) is 0 Å². The SMILES string of the molecule is CCC(=O)ON=C(C)C. The van der Waals surface area contributed by atoms with E-state index in [0.717, 1.165) is 5.71 Å². The van der Waals surface area contributed by atoms with Gasteiger partial charge < -0.3 is 4.84 Å². The van der Waals surface area contributed by atoms with Gasteiger partial charge in [-0.2, -0.15) is 0 Å². The van der Waals surface area contributed by atoms with Crippen LogP contribution in [0.1, 0.15) is 27.2 Å². The van der Waals surface area contributed by atoms with E-state index in [2.05, 4.69) is 9.99 Å². The lowest BCUT2D eigenvalue weighted by atomic mass is 10.5. The first-order chi connectivity index (χ1) is 4.16. The van der Waals surface area contributed by atoms with E-state index in [0.29, 0.717) is 6.42 Å². The highest BCUT2D eigenvalue weighted by Crippen LogP contribution is 1.85. The molecular weight excluding hydrogens is 118 g/mol. The molecule has 9 heavy (non-hydrogen) atoms. The van der Waals surface area contributed by atoms with Crippen molar-refractivity contribution in [1.82, 2.24) is 0 Å². The highest BCUT2D eigenvalue weighted by molar-refractivity contribution is 5.79.